The Labute approximate surface area is 157 Å². The molecule has 1 aliphatic rings. The van der Waals surface area contributed by atoms with Crippen molar-refractivity contribution >= 4 is 16.9 Å². The van der Waals surface area contributed by atoms with Gasteiger partial charge in [0.25, 0.3) is 0 Å². The van der Waals surface area contributed by atoms with Gasteiger partial charge in [-0.2, -0.15) is 0 Å². The Kier molecular flexibility index (Phi) is 4.54. The molecule has 0 spiro atoms. The van der Waals surface area contributed by atoms with Crippen LogP contribution in [-0.4, -0.2) is 19.9 Å². The van der Waals surface area contributed by atoms with Crippen molar-refractivity contribution in [3.63, 3.8) is 0 Å². The largest absolute Gasteiger partial charge is 0.439 e. The van der Waals surface area contributed by atoms with Gasteiger partial charge in [-0.1, -0.05) is 25.6 Å². The molecule has 3 aromatic heterocycles. The molecule has 1 aromatic carbocycles. The average Bonchev–Trinajstić information content (AvgIpc) is 3.33. The molecule has 1 aliphatic carbocycles. The van der Waals surface area contributed by atoms with Gasteiger partial charge in [0.05, 0.1) is 6.54 Å². The molecular formula is C21H21N5O. The number of oxazole rings is 1. The summed E-state index contributed by atoms with van der Waals surface area (Å²) in [7, 11) is 0. The smallest absolute Gasteiger partial charge is 0.214 e. The van der Waals surface area contributed by atoms with Gasteiger partial charge in [-0.25, -0.2) is 15.0 Å². The molecule has 6 heteroatoms. The summed E-state index contributed by atoms with van der Waals surface area (Å²) in [5.74, 6) is 2.16. The third-order valence-corrected chi connectivity index (χ3v) is 4.57. The summed E-state index contributed by atoms with van der Waals surface area (Å²) >= 11 is 0. The average molecular weight is 359 g/mol. The monoisotopic (exact) mass is 359 g/mol. The zero-order valence-electron chi connectivity index (χ0n) is 14.1. The Morgan fingerprint density at radius 2 is 1.85 bits per heavy atom. The van der Waals surface area contributed by atoms with E-state index in [1.165, 1.54) is 5.56 Å². The second kappa shape index (κ2) is 7.15. The molecule has 1 N–H and O–H groups in total. The van der Waals surface area contributed by atoms with E-state index in [9.17, 15) is 0 Å². The summed E-state index contributed by atoms with van der Waals surface area (Å²) in [6, 6.07) is 13.5. The van der Waals surface area contributed by atoms with Crippen LogP contribution in [0.3, 0.4) is 0 Å². The number of aromatic nitrogens is 4. The molecule has 3 heterocycles. The Morgan fingerprint density at radius 1 is 0.963 bits per heavy atom. The molecule has 27 heavy (non-hydrogen) atoms. The zero-order chi connectivity index (χ0) is 17.3. The van der Waals surface area contributed by atoms with Crippen molar-refractivity contribution in [3.05, 3.63) is 65.8 Å². The summed E-state index contributed by atoms with van der Waals surface area (Å²) in [4.78, 5) is 18.3. The first-order valence-electron chi connectivity index (χ1n) is 8.76. The number of fused-ring (bicyclic) bond motifs is 2. The minimum atomic E-state index is 0. The van der Waals surface area contributed by atoms with E-state index in [4.69, 9.17) is 14.4 Å². The zero-order valence-corrected chi connectivity index (χ0v) is 14.1. The summed E-state index contributed by atoms with van der Waals surface area (Å²) in [6.45, 7) is 0.486. The maximum absolute atomic E-state index is 5.79. The number of anilines is 1. The lowest BCUT2D eigenvalue weighted by atomic mass is 10.2. The van der Waals surface area contributed by atoms with Crippen molar-refractivity contribution in [2.24, 2.45) is 0 Å². The van der Waals surface area contributed by atoms with Crippen LogP contribution in [-0.2, 0) is 19.4 Å². The van der Waals surface area contributed by atoms with Crippen LogP contribution in [0.4, 0.5) is 5.82 Å². The van der Waals surface area contributed by atoms with E-state index in [0.717, 1.165) is 47.6 Å². The van der Waals surface area contributed by atoms with E-state index < -0.39 is 0 Å². The number of pyridine rings is 1. The minimum Gasteiger partial charge on any atom is -0.439 e. The van der Waals surface area contributed by atoms with Crippen LogP contribution in [0.15, 0.2) is 53.1 Å². The Hall–Kier alpha value is -3.28. The van der Waals surface area contributed by atoms with Gasteiger partial charge in [-0.05, 0) is 43.5 Å². The summed E-state index contributed by atoms with van der Waals surface area (Å²) in [5, 5.41) is 3.40. The fourth-order valence-electron chi connectivity index (χ4n) is 3.34. The fourth-order valence-corrected chi connectivity index (χ4v) is 3.34. The number of hydrogen-bond donors (Lipinski definition) is 1. The molecule has 136 valence electrons. The van der Waals surface area contributed by atoms with Gasteiger partial charge in [0, 0.05) is 17.5 Å². The molecular weight excluding hydrogens is 338 g/mol. The van der Waals surface area contributed by atoms with E-state index in [2.05, 4.69) is 15.3 Å². The lowest BCUT2D eigenvalue weighted by Crippen LogP contribution is -2.08. The number of para-hydroxylation sites is 2. The second-order valence-electron chi connectivity index (χ2n) is 6.32. The van der Waals surface area contributed by atoms with E-state index in [-0.39, 0.29) is 7.43 Å². The van der Waals surface area contributed by atoms with Crippen LogP contribution in [0.25, 0.3) is 22.6 Å². The lowest BCUT2D eigenvalue weighted by Gasteiger charge is -2.11. The van der Waals surface area contributed by atoms with Crippen LogP contribution >= 0.6 is 0 Å². The number of rotatable bonds is 4. The third-order valence-electron chi connectivity index (χ3n) is 4.57. The van der Waals surface area contributed by atoms with Crippen molar-refractivity contribution in [2.45, 2.75) is 33.2 Å². The summed E-state index contributed by atoms with van der Waals surface area (Å²) < 4.78 is 5.79. The quantitative estimate of drug-likeness (QED) is 0.581. The summed E-state index contributed by atoms with van der Waals surface area (Å²) in [5.41, 5.74) is 4.76. The Morgan fingerprint density at radius 3 is 2.70 bits per heavy atom. The Balaban J connectivity index is 0.00000180. The molecule has 0 saturated heterocycles. The molecule has 5 rings (SSSR count). The van der Waals surface area contributed by atoms with Crippen molar-refractivity contribution in [1.29, 1.82) is 0 Å². The highest BCUT2D eigenvalue weighted by atomic mass is 16.3. The van der Waals surface area contributed by atoms with E-state index >= 15 is 0 Å². The summed E-state index contributed by atoms with van der Waals surface area (Å²) in [6.07, 6.45) is 4.84. The van der Waals surface area contributed by atoms with Crippen LogP contribution in [0.2, 0.25) is 0 Å². The number of hydrogen-bond acceptors (Lipinski definition) is 6. The van der Waals surface area contributed by atoms with Gasteiger partial charge in [-0.3, -0.25) is 4.98 Å². The first-order valence-corrected chi connectivity index (χ1v) is 8.76. The second-order valence-corrected chi connectivity index (χ2v) is 6.32. The number of benzene rings is 1. The van der Waals surface area contributed by atoms with Crippen LogP contribution < -0.4 is 5.32 Å². The highest BCUT2D eigenvalue weighted by molar-refractivity contribution is 5.72. The van der Waals surface area contributed by atoms with Crippen LogP contribution in [0, 0.1) is 0 Å². The molecule has 0 amide bonds. The highest BCUT2D eigenvalue weighted by Crippen LogP contribution is 2.29. The van der Waals surface area contributed by atoms with Crippen molar-refractivity contribution in [3.8, 4) is 11.5 Å². The normalized spacial score (nSPS) is 12.6. The molecule has 0 saturated carbocycles. The fraction of sp³-hybridized carbons (Fsp3) is 0.238. The number of nitrogens with one attached hydrogen (secondary N) is 1. The van der Waals surface area contributed by atoms with Crippen molar-refractivity contribution < 1.29 is 4.42 Å². The molecule has 4 aromatic rings. The van der Waals surface area contributed by atoms with Gasteiger partial charge in [0.15, 0.2) is 11.4 Å². The van der Waals surface area contributed by atoms with Gasteiger partial charge < -0.3 is 9.73 Å². The molecule has 0 bridgehead atoms. The highest BCUT2D eigenvalue weighted by Gasteiger charge is 2.20. The van der Waals surface area contributed by atoms with Crippen LogP contribution in [0.1, 0.15) is 31.0 Å². The predicted molar refractivity (Wildman–Crippen MR) is 105 cm³/mol. The molecule has 0 atom stereocenters. The number of aryl methyl sites for hydroxylation is 1. The Bertz CT molecular complexity index is 1040. The first-order chi connectivity index (χ1) is 12.9. The molecule has 0 unspecified atom stereocenters. The van der Waals surface area contributed by atoms with Crippen molar-refractivity contribution in [1.82, 2.24) is 19.9 Å². The van der Waals surface area contributed by atoms with E-state index in [1.807, 2.05) is 42.5 Å². The SMILES string of the molecule is C.c1ccc(-c2nc3c(c(NCc4nc5ccccc5o4)n2)CCC3)nc1. The number of nitrogens with zero attached hydrogens (tertiary/aromatic N) is 4. The maximum atomic E-state index is 5.79. The van der Waals surface area contributed by atoms with Crippen LogP contribution in [0.5, 0.6) is 0 Å². The molecule has 0 radical (unpaired) electrons. The van der Waals surface area contributed by atoms with Crippen molar-refractivity contribution in [2.75, 3.05) is 5.32 Å². The maximum Gasteiger partial charge on any atom is 0.214 e. The van der Waals surface area contributed by atoms with E-state index in [1.54, 1.807) is 6.20 Å². The standard InChI is InChI=1S/C20H17N5O.CH4/c1-2-10-17-15(7-1)23-18(26-17)12-22-19-13-6-5-9-14(13)24-20(25-19)16-8-3-4-11-21-16;/h1-4,7-8,10-11H,5-6,9,12H2,(H,22,24,25);1H4. The molecule has 6 nitrogen and oxygen atoms in total. The van der Waals surface area contributed by atoms with Gasteiger partial charge >= 0.3 is 0 Å². The van der Waals surface area contributed by atoms with Gasteiger partial charge in [0.1, 0.15) is 17.0 Å². The topological polar surface area (TPSA) is 76.7 Å². The molecule has 0 fully saturated rings. The molecule has 0 aliphatic heterocycles. The van der Waals surface area contributed by atoms with Gasteiger partial charge in [0.2, 0.25) is 5.89 Å². The first kappa shape index (κ1) is 17.1. The predicted octanol–water partition coefficient (Wildman–Crippen LogP) is 4.42. The minimum absolute atomic E-state index is 0. The van der Waals surface area contributed by atoms with E-state index in [0.29, 0.717) is 18.3 Å². The lowest BCUT2D eigenvalue weighted by molar-refractivity contribution is 0.540. The third kappa shape index (κ3) is 3.26. The van der Waals surface area contributed by atoms with Gasteiger partial charge in [-0.15, -0.1) is 0 Å².